The van der Waals surface area contributed by atoms with Gasteiger partial charge in [0.25, 0.3) is 0 Å². The fourth-order valence-corrected chi connectivity index (χ4v) is 4.72. The molecule has 0 spiro atoms. The molecule has 35 heavy (non-hydrogen) atoms. The Hall–Kier alpha value is -3.56. The van der Waals surface area contributed by atoms with Gasteiger partial charge in [-0.25, -0.2) is 4.98 Å². The van der Waals surface area contributed by atoms with Gasteiger partial charge >= 0.3 is 0 Å². The molecule has 1 amide bonds. The van der Waals surface area contributed by atoms with Crippen molar-refractivity contribution in [1.29, 1.82) is 0 Å². The molecule has 0 atom stereocenters. The summed E-state index contributed by atoms with van der Waals surface area (Å²) in [6, 6.07) is 9.59. The topological polar surface area (TPSA) is 82.2 Å². The minimum Gasteiger partial charge on any atom is -0.493 e. The van der Waals surface area contributed by atoms with Crippen LogP contribution in [0.1, 0.15) is 22.4 Å². The summed E-state index contributed by atoms with van der Waals surface area (Å²) >= 11 is 1.42. The third kappa shape index (κ3) is 5.93. The summed E-state index contributed by atoms with van der Waals surface area (Å²) in [6.07, 6.45) is 4.14. The van der Waals surface area contributed by atoms with Crippen molar-refractivity contribution < 1.29 is 23.7 Å². The third-order valence-electron chi connectivity index (χ3n) is 5.80. The Morgan fingerprint density at radius 1 is 1.00 bits per heavy atom. The first kappa shape index (κ1) is 24.6. The number of benzene rings is 2. The van der Waals surface area contributed by atoms with Gasteiger partial charge in [-0.2, -0.15) is 0 Å². The summed E-state index contributed by atoms with van der Waals surface area (Å²) in [5, 5.41) is 5.40. The highest BCUT2D eigenvalue weighted by atomic mass is 32.1. The Morgan fingerprint density at radius 3 is 2.40 bits per heavy atom. The number of ether oxygens (including phenoxy) is 4. The normalized spacial score (nSPS) is 13.4. The average molecular weight is 496 g/mol. The van der Waals surface area contributed by atoms with Crippen molar-refractivity contribution in [2.45, 2.75) is 19.5 Å². The van der Waals surface area contributed by atoms with Gasteiger partial charge in [-0.3, -0.25) is 15.0 Å². The summed E-state index contributed by atoms with van der Waals surface area (Å²) in [7, 11) is 6.47. The van der Waals surface area contributed by atoms with Crippen LogP contribution in [-0.2, 0) is 24.3 Å². The summed E-state index contributed by atoms with van der Waals surface area (Å²) in [5.74, 6) is 2.51. The van der Waals surface area contributed by atoms with Gasteiger partial charge in [0.1, 0.15) is 0 Å². The predicted octanol–water partition coefficient (Wildman–Crippen LogP) is 4.39. The second kappa shape index (κ2) is 11.2. The van der Waals surface area contributed by atoms with E-state index in [1.165, 1.54) is 28.5 Å². The molecule has 0 bridgehead atoms. The highest BCUT2D eigenvalue weighted by molar-refractivity contribution is 7.13. The molecular formula is C26H29N3O5S. The van der Waals surface area contributed by atoms with E-state index in [1.807, 2.05) is 17.5 Å². The van der Waals surface area contributed by atoms with Crippen LogP contribution in [-0.4, -0.2) is 50.8 Å². The van der Waals surface area contributed by atoms with Crippen molar-refractivity contribution in [2.24, 2.45) is 0 Å². The molecule has 1 N–H and O–H groups in total. The third-order valence-corrected chi connectivity index (χ3v) is 6.61. The van der Waals surface area contributed by atoms with Crippen LogP contribution in [0.25, 0.3) is 6.08 Å². The molecule has 4 rings (SSSR count). The number of aromatic nitrogens is 1. The first-order valence-electron chi connectivity index (χ1n) is 11.1. The number of methoxy groups -OCH3 is 4. The number of hydrogen-bond donors (Lipinski definition) is 1. The monoisotopic (exact) mass is 495 g/mol. The second-order valence-electron chi connectivity index (χ2n) is 8.02. The number of carbonyl (C=O) groups is 1. The number of carbonyl (C=O) groups excluding carboxylic acids is 1. The van der Waals surface area contributed by atoms with Crippen LogP contribution in [0.2, 0.25) is 0 Å². The Labute approximate surface area is 209 Å². The average Bonchev–Trinajstić information content (AvgIpc) is 3.32. The first-order valence-corrected chi connectivity index (χ1v) is 12.0. The van der Waals surface area contributed by atoms with E-state index in [4.69, 9.17) is 18.9 Å². The molecule has 1 aliphatic rings. The molecular weight excluding hydrogens is 466 g/mol. The van der Waals surface area contributed by atoms with Crippen molar-refractivity contribution in [3.8, 4) is 23.0 Å². The molecule has 0 saturated carbocycles. The molecule has 0 unspecified atom stereocenters. The molecule has 1 aromatic heterocycles. The number of fused-ring (bicyclic) bond motifs is 1. The van der Waals surface area contributed by atoms with Gasteiger partial charge in [-0.1, -0.05) is 6.07 Å². The van der Waals surface area contributed by atoms with Gasteiger partial charge in [-0.15, -0.1) is 11.3 Å². The fraction of sp³-hybridized carbons (Fsp3) is 0.308. The number of rotatable bonds is 9. The Balaban J connectivity index is 1.34. The van der Waals surface area contributed by atoms with Crippen molar-refractivity contribution in [3.63, 3.8) is 0 Å². The summed E-state index contributed by atoms with van der Waals surface area (Å²) in [5.41, 5.74) is 4.28. The lowest BCUT2D eigenvalue weighted by Gasteiger charge is -2.29. The Bertz CT molecular complexity index is 1220. The van der Waals surface area contributed by atoms with Gasteiger partial charge < -0.3 is 18.9 Å². The van der Waals surface area contributed by atoms with E-state index in [9.17, 15) is 4.79 Å². The van der Waals surface area contributed by atoms with Crippen LogP contribution in [0.3, 0.4) is 0 Å². The number of anilines is 1. The van der Waals surface area contributed by atoms with Crippen LogP contribution in [0.4, 0.5) is 5.13 Å². The van der Waals surface area contributed by atoms with Crippen LogP contribution in [0.5, 0.6) is 23.0 Å². The van der Waals surface area contributed by atoms with Crippen molar-refractivity contribution in [2.75, 3.05) is 40.3 Å². The maximum Gasteiger partial charge on any atom is 0.250 e. The van der Waals surface area contributed by atoms with E-state index >= 15 is 0 Å². The molecule has 3 aromatic rings. The van der Waals surface area contributed by atoms with Crippen molar-refractivity contribution in [1.82, 2.24) is 9.88 Å². The maximum absolute atomic E-state index is 12.4. The molecule has 9 heteroatoms. The summed E-state index contributed by atoms with van der Waals surface area (Å²) in [6.45, 7) is 2.44. The molecule has 2 heterocycles. The van der Waals surface area contributed by atoms with Crippen LogP contribution >= 0.6 is 11.3 Å². The zero-order valence-electron chi connectivity index (χ0n) is 20.3. The van der Waals surface area contributed by atoms with Crippen LogP contribution < -0.4 is 24.3 Å². The quantitative estimate of drug-likeness (QED) is 0.441. The summed E-state index contributed by atoms with van der Waals surface area (Å²) < 4.78 is 21.4. The SMILES string of the molecule is COc1ccc(/C=C/C(=O)Nc2nc(CN3CCc4cc(OC)c(OC)cc4C3)cs2)cc1OC. The van der Waals surface area contributed by atoms with Crippen LogP contribution in [0, 0.1) is 0 Å². The van der Waals surface area contributed by atoms with E-state index in [0.717, 1.165) is 42.3 Å². The first-order chi connectivity index (χ1) is 17.0. The van der Waals surface area contributed by atoms with E-state index in [0.29, 0.717) is 23.2 Å². The minimum absolute atomic E-state index is 0.242. The molecule has 2 aromatic carbocycles. The van der Waals surface area contributed by atoms with Gasteiger partial charge in [-0.05, 0) is 53.5 Å². The lowest BCUT2D eigenvalue weighted by atomic mass is 9.98. The molecule has 0 fully saturated rings. The highest BCUT2D eigenvalue weighted by Gasteiger charge is 2.20. The van der Waals surface area contributed by atoms with Gasteiger partial charge in [0.05, 0.1) is 34.1 Å². The van der Waals surface area contributed by atoms with Crippen molar-refractivity contribution >= 4 is 28.5 Å². The summed E-state index contributed by atoms with van der Waals surface area (Å²) in [4.78, 5) is 19.3. The largest absolute Gasteiger partial charge is 0.493 e. The smallest absolute Gasteiger partial charge is 0.250 e. The van der Waals surface area contributed by atoms with Crippen molar-refractivity contribution in [3.05, 3.63) is 64.2 Å². The molecule has 0 aliphatic carbocycles. The zero-order valence-corrected chi connectivity index (χ0v) is 21.1. The molecule has 0 radical (unpaired) electrons. The molecule has 8 nitrogen and oxygen atoms in total. The van der Waals surface area contributed by atoms with E-state index < -0.39 is 0 Å². The molecule has 184 valence electrons. The number of amides is 1. The standard InChI is InChI=1S/C26H29N3O5S/c1-31-21-7-5-17(11-22(21)32-2)6-8-25(30)28-26-27-20(16-35-26)15-29-10-9-18-12-23(33-3)24(34-4)13-19(18)14-29/h5-8,11-13,16H,9-10,14-15H2,1-4H3,(H,27,28,30)/b8-6+. The Morgan fingerprint density at radius 2 is 1.69 bits per heavy atom. The number of hydrogen-bond acceptors (Lipinski definition) is 8. The molecule has 1 aliphatic heterocycles. The van der Waals surface area contributed by atoms with Gasteiger partial charge in [0, 0.05) is 31.1 Å². The lowest BCUT2D eigenvalue weighted by Crippen LogP contribution is -2.30. The van der Waals surface area contributed by atoms with Gasteiger partial charge in [0.2, 0.25) is 5.91 Å². The van der Waals surface area contributed by atoms with E-state index in [2.05, 4.69) is 27.3 Å². The number of nitrogens with zero attached hydrogens (tertiary/aromatic N) is 2. The number of thiazole rings is 1. The molecule has 0 saturated heterocycles. The number of nitrogens with one attached hydrogen (secondary N) is 1. The second-order valence-corrected chi connectivity index (χ2v) is 8.88. The highest BCUT2D eigenvalue weighted by Crippen LogP contribution is 2.33. The van der Waals surface area contributed by atoms with E-state index in [-0.39, 0.29) is 5.91 Å². The zero-order chi connectivity index (χ0) is 24.8. The Kier molecular flexibility index (Phi) is 7.89. The van der Waals surface area contributed by atoms with Crippen LogP contribution in [0.15, 0.2) is 41.8 Å². The lowest BCUT2D eigenvalue weighted by molar-refractivity contribution is -0.111. The maximum atomic E-state index is 12.4. The van der Waals surface area contributed by atoms with Gasteiger partial charge in [0.15, 0.2) is 28.1 Å². The fourth-order valence-electron chi connectivity index (χ4n) is 4.02. The predicted molar refractivity (Wildman–Crippen MR) is 137 cm³/mol. The van der Waals surface area contributed by atoms with E-state index in [1.54, 1.807) is 40.6 Å². The minimum atomic E-state index is -0.242.